The van der Waals surface area contributed by atoms with E-state index in [-0.39, 0.29) is 16.4 Å². The molecule has 8 heteroatoms. The minimum atomic E-state index is -0.451. The highest BCUT2D eigenvalue weighted by Gasteiger charge is 2.18. The Bertz CT molecular complexity index is 1490. The summed E-state index contributed by atoms with van der Waals surface area (Å²) in [4.78, 5) is 7.95. The Balaban J connectivity index is 1.94. The van der Waals surface area contributed by atoms with Gasteiger partial charge in [-0.3, -0.25) is 0 Å². The number of nitrogens with zero attached hydrogens (tertiary/aromatic N) is 2. The van der Waals surface area contributed by atoms with Crippen molar-refractivity contribution in [3.8, 4) is 11.4 Å². The molecular weight excluding hydrogens is 424 g/mol. The average molecular weight is 438 g/mol. The fourth-order valence-corrected chi connectivity index (χ4v) is 4.19. The first-order valence-corrected chi connectivity index (χ1v) is 9.76. The smallest absolute Gasteiger partial charge is 0.150 e. The van der Waals surface area contributed by atoms with E-state index in [1.165, 1.54) is 6.07 Å². The molecule has 0 fully saturated rings. The lowest BCUT2D eigenvalue weighted by molar-refractivity contribution is 0.630. The van der Waals surface area contributed by atoms with Crippen molar-refractivity contribution in [3.63, 3.8) is 0 Å². The largest absolute Gasteiger partial charge is 0.382 e. The highest BCUT2D eigenvalue weighted by molar-refractivity contribution is 6.34. The van der Waals surface area contributed by atoms with Gasteiger partial charge in [0.1, 0.15) is 17.5 Å². The molecule has 5 aromatic rings. The van der Waals surface area contributed by atoms with E-state index >= 15 is 0 Å². The second kappa shape index (κ2) is 6.86. The number of fused-ring (bicyclic) bond motifs is 6. The molecule has 0 atom stereocenters. The molecule has 30 heavy (non-hydrogen) atoms. The molecule has 148 valence electrons. The minimum Gasteiger partial charge on any atom is -0.382 e. The molecule has 0 bridgehead atoms. The Labute approximate surface area is 180 Å². The number of H-pyrrole nitrogens is 1. The van der Waals surface area contributed by atoms with Gasteiger partial charge in [-0.15, -0.1) is 0 Å². The number of hydrazone groups is 1. The van der Waals surface area contributed by atoms with Crippen molar-refractivity contribution in [2.24, 2.45) is 16.7 Å². The summed E-state index contributed by atoms with van der Waals surface area (Å²) < 4.78 is 14.5. The second-order valence-electron chi connectivity index (χ2n) is 6.87. The summed E-state index contributed by atoms with van der Waals surface area (Å²) in [5.74, 6) is 5.46. The van der Waals surface area contributed by atoms with Gasteiger partial charge in [0, 0.05) is 21.4 Å². The third kappa shape index (κ3) is 2.76. The van der Waals surface area contributed by atoms with Crippen LogP contribution in [0.25, 0.3) is 44.0 Å². The zero-order valence-corrected chi connectivity index (χ0v) is 16.9. The Morgan fingerprint density at radius 1 is 0.967 bits per heavy atom. The number of hydrogen-bond donors (Lipinski definition) is 3. The predicted octanol–water partition coefficient (Wildman–Crippen LogP) is 5.56. The molecule has 5 nitrogen and oxygen atoms in total. The molecular formula is C22H14Cl2FN5. The molecule has 0 amide bonds. The van der Waals surface area contributed by atoms with Crippen LogP contribution >= 0.6 is 23.2 Å². The normalized spacial score (nSPS) is 12.3. The molecule has 0 saturated carbocycles. The van der Waals surface area contributed by atoms with E-state index in [4.69, 9.17) is 39.8 Å². The zero-order chi connectivity index (χ0) is 21.0. The maximum atomic E-state index is 14.5. The van der Waals surface area contributed by atoms with E-state index in [9.17, 15) is 4.39 Å². The molecule has 1 aromatic heterocycles. The molecule has 5 rings (SSSR count). The Morgan fingerprint density at radius 3 is 2.50 bits per heavy atom. The van der Waals surface area contributed by atoms with Gasteiger partial charge in [-0.2, -0.15) is 5.10 Å². The molecule has 0 unspecified atom stereocenters. The maximum Gasteiger partial charge on any atom is 0.150 e. The van der Waals surface area contributed by atoms with E-state index in [2.05, 4.69) is 10.1 Å². The van der Waals surface area contributed by atoms with Crippen molar-refractivity contribution in [3.05, 3.63) is 76.0 Å². The number of nitrogens with two attached hydrogens (primary N) is 2. The molecule has 0 aliphatic carbocycles. The number of nitrogens with one attached hydrogen (secondary N) is 1. The number of hydrogen-bond acceptors (Lipinski definition) is 3. The van der Waals surface area contributed by atoms with Crippen molar-refractivity contribution in [2.75, 3.05) is 0 Å². The van der Waals surface area contributed by atoms with Crippen LogP contribution in [0.3, 0.4) is 0 Å². The van der Waals surface area contributed by atoms with Gasteiger partial charge in [-0.05, 0) is 41.1 Å². The summed E-state index contributed by atoms with van der Waals surface area (Å²) in [6, 6.07) is 15.7. The summed E-state index contributed by atoms with van der Waals surface area (Å²) >= 11 is 12.5. The van der Waals surface area contributed by atoms with E-state index in [0.29, 0.717) is 21.9 Å². The summed E-state index contributed by atoms with van der Waals surface area (Å²) in [6.45, 7) is 0. The first-order chi connectivity index (χ1) is 14.5. The molecule has 0 radical (unpaired) electrons. The number of aromatic amines is 1. The van der Waals surface area contributed by atoms with Crippen LogP contribution in [0.2, 0.25) is 10.0 Å². The zero-order valence-electron chi connectivity index (χ0n) is 15.4. The molecule has 0 aliphatic rings. The molecule has 0 spiro atoms. The van der Waals surface area contributed by atoms with E-state index in [1.54, 1.807) is 18.2 Å². The van der Waals surface area contributed by atoms with Crippen LogP contribution < -0.4 is 11.6 Å². The fourth-order valence-electron chi connectivity index (χ4n) is 3.77. The molecule has 0 saturated heterocycles. The monoisotopic (exact) mass is 437 g/mol. The standard InChI is InChI=1S/C22H14Cl2FN5/c23-11-5-7-13-15(9-11)14-8-10(21(26)30-27)4-6-12(14)19-20(13)29-22(28-19)18-16(24)2-1-3-17(18)25/h1-9H,27H2,(H2,26,30)(H,28,29). The van der Waals surface area contributed by atoms with Gasteiger partial charge >= 0.3 is 0 Å². The fraction of sp³-hybridized carbons (Fsp3) is 0. The van der Waals surface area contributed by atoms with Gasteiger partial charge < -0.3 is 16.6 Å². The SMILES string of the molecule is N/N=C(\N)c1ccc2c(c1)c1cc(Cl)ccc1c1[nH]c(-c3c(F)cccc3Cl)nc21. The van der Waals surface area contributed by atoms with Gasteiger partial charge in [-0.1, -0.05) is 47.5 Å². The first-order valence-electron chi connectivity index (χ1n) is 9.00. The van der Waals surface area contributed by atoms with Crippen LogP contribution in [0, 0.1) is 5.82 Å². The highest BCUT2D eigenvalue weighted by atomic mass is 35.5. The van der Waals surface area contributed by atoms with E-state index in [1.807, 2.05) is 30.3 Å². The number of benzene rings is 4. The second-order valence-corrected chi connectivity index (χ2v) is 7.71. The molecule has 4 aromatic carbocycles. The third-order valence-electron chi connectivity index (χ3n) is 5.15. The Hall–Kier alpha value is -3.35. The van der Waals surface area contributed by atoms with E-state index < -0.39 is 5.82 Å². The number of imidazole rings is 1. The molecule has 0 aliphatic heterocycles. The summed E-state index contributed by atoms with van der Waals surface area (Å²) in [6.07, 6.45) is 0. The van der Waals surface area contributed by atoms with Gasteiger partial charge in [0.25, 0.3) is 0 Å². The summed E-state index contributed by atoms with van der Waals surface area (Å²) in [5, 5.41) is 7.95. The maximum absolute atomic E-state index is 14.5. The van der Waals surface area contributed by atoms with Crippen LogP contribution in [0.5, 0.6) is 0 Å². The van der Waals surface area contributed by atoms with Gasteiger partial charge in [-0.25, -0.2) is 9.37 Å². The third-order valence-corrected chi connectivity index (χ3v) is 5.70. The van der Waals surface area contributed by atoms with Gasteiger partial charge in [0.15, 0.2) is 0 Å². The lowest BCUT2D eigenvalue weighted by Gasteiger charge is -2.08. The molecule has 1 heterocycles. The number of halogens is 3. The Morgan fingerprint density at radius 2 is 1.73 bits per heavy atom. The van der Waals surface area contributed by atoms with Gasteiger partial charge in [0.2, 0.25) is 0 Å². The van der Waals surface area contributed by atoms with Crippen LogP contribution in [0.15, 0.2) is 59.7 Å². The Kier molecular flexibility index (Phi) is 4.27. The van der Waals surface area contributed by atoms with Crippen molar-refractivity contribution in [1.29, 1.82) is 0 Å². The van der Waals surface area contributed by atoms with Crippen LogP contribution in [0.4, 0.5) is 4.39 Å². The van der Waals surface area contributed by atoms with Crippen LogP contribution in [0.1, 0.15) is 5.56 Å². The number of amidine groups is 1. The average Bonchev–Trinajstić information content (AvgIpc) is 3.17. The van der Waals surface area contributed by atoms with Gasteiger partial charge in [0.05, 0.1) is 21.6 Å². The predicted molar refractivity (Wildman–Crippen MR) is 121 cm³/mol. The quantitative estimate of drug-likeness (QED) is 0.111. The topological polar surface area (TPSA) is 93.1 Å². The molecule has 5 N–H and O–H groups in total. The van der Waals surface area contributed by atoms with Crippen molar-refractivity contribution < 1.29 is 4.39 Å². The van der Waals surface area contributed by atoms with Crippen LogP contribution in [-0.2, 0) is 0 Å². The lowest BCUT2D eigenvalue weighted by Crippen LogP contribution is -2.15. The van der Waals surface area contributed by atoms with Crippen molar-refractivity contribution in [2.45, 2.75) is 0 Å². The van der Waals surface area contributed by atoms with Crippen LogP contribution in [-0.4, -0.2) is 15.8 Å². The highest BCUT2D eigenvalue weighted by Crippen LogP contribution is 2.38. The number of rotatable bonds is 2. The van der Waals surface area contributed by atoms with E-state index in [0.717, 1.165) is 27.1 Å². The first kappa shape index (κ1) is 18.7. The minimum absolute atomic E-state index is 0.216. The summed E-state index contributed by atoms with van der Waals surface area (Å²) in [5.41, 5.74) is 8.25. The lowest BCUT2D eigenvalue weighted by atomic mass is 9.98. The number of aromatic nitrogens is 2. The van der Waals surface area contributed by atoms with Crippen molar-refractivity contribution in [1.82, 2.24) is 9.97 Å². The summed E-state index contributed by atoms with van der Waals surface area (Å²) in [7, 11) is 0. The van der Waals surface area contributed by atoms with Crippen molar-refractivity contribution >= 4 is 61.6 Å².